The Bertz CT molecular complexity index is 1040. The van der Waals surface area contributed by atoms with Crippen LogP contribution in [0.4, 0.5) is 0 Å². The molecule has 1 aromatic heterocycles. The maximum atomic E-state index is 12.9. The maximum Gasteiger partial charge on any atom is 0.274 e. The highest BCUT2D eigenvalue weighted by Gasteiger charge is 2.16. The molecule has 0 radical (unpaired) electrons. The molecular weight excluding hydrogens is 366 g/mol. The summed E-state index contributed by atoms with van der Waals surface area (Å²) in [5.41, 5.74) is 1.16. The van der Waals surface area contributed by atoms with E-state index in [2.05, 4.69) is 17.3 Å². The first-order valence-corrected chi connectivity index (χ1v) is 10.1. The molecule has 1 heterocycles. The van der Waals surface area contributed by atoms with Crippen LogP contribution < -0.4 is 15.6 Å². The predicted octanol–water partition coefficient (Wildman–Crippen LogP) is 3.57. The smallest absolute Gasteiger partial charge is 0.274 e. The summed E-state index contributed by atoms with van der Waals surface area (Å²) >= 11 is 0. The number of unbranched alkanes of at least 4 members (excludes halogenated alkanes) is 2. The Morgan fingerprint density at radius 2 is 1.79 bits per heavy atom. The molecule has 0 spiro atoms. The highest BCUT2D eigenvalue weighted by molar-refractivity contribution is 6.04. The number of nitrogens with one attached hydrogen (secondary N) is 1. The molecule has 0 atom stereocenters. The summed E-state index contributed by atoms with van der Waals surface area (Å²) < 4.78 is 6.78. The molecule has 1 N–H and O–H groups in total. The van der Waals surface area contributed by atoms with E-state index in [1.54, 1.807) is 19.2 Å². The van der Waals surface area contributed by atoms with Gasteiger partial charge in [0.2, 0.25) is 0 Å². The van der Waals surface area contributed by atoms with Crippen molar-refractivity contribution in [3.63, 3.8) is 0 Å². The molecule has 2 aromatic carbocycles. The third-order valence-corrected chi connectivity index (χ3v) is 4.93. The molecule has 3 aromatic rings. The van der Waals surface area contributed by atoms with E-state index in [0.717, 1.165) is 30.6 Å². The van der Waals surface area contributed by atoms with E-state index in [1.807, 2.05) is 36.4 Å². The average Bonchev–Trinajstić information content (AvgIpc) is 2.75. The fraction of sp³-hybridized carbons (Fsp3) is 0.348. The monoisotopic (exact) mass is 393 g/mol. The number of fused-ring (bicyclic) bond motifs is 1. The summed E-state index contributed by atoms with van der Waals surface area (Å²) in [5.74, 6) is 0.523. The number of methoxy groups -OCH3 is 1. The van der Waals surface area contributed by atoms with E-state index >= 15 is 0 Å². The van der Waals surface area contributed by atoms with Gasteiger partial charge in [0.1, 0.15) is 5.75 Å². The van der Waals surface area contributed by atoms with Crippen molar-refractivity contribution in [3.05, 3.63) is 70.1 Å². The quantitative estimate of drug-likeness (QED) is 0.564. The van der Waals surface area contributed by atoms with Crippen molar-refractivity contribution in [2.45, 2.75) is 39.2 Å². The molecule has 29 heavy (non-hydrogen) atoms. The zero-order chi connectivity index (χ0) is 20.6. The average molecular weight is 393 g/mol. The third-order valence-electron chi connectivity index (χ3n) is 4.93. The SMILES string of the molecule is CCCCCn1nc(C(=O)NCCc2ccccc2OC)c2ccccc2c1=O. The second-order valence-electron chi connectivity index (χ2n) is 6.95. The fourth-order valence-corrected chi connectivity index (χ4v) is 3.37. The highest BCUT2D eigenvalue weighted by Crippen LogP contribution is 2.17. The number of ether oxygens (including phenoxy) is 1. The van der Waals surface area contributed by atoms with E-state index in [1.165, 1.54) is 4.68 Å². The first-order chi connectivity index (χ1) is 14.2. The number of amides is 1. The number of hydrogen-bond donors (Lipinski definition) is 1. The number of carbonyl (C=O) groups is 1. The first kappa shape index (κ1) is 20.6. The van der Waals surface area contributed by atoms with Gasteiger partial charge < -0.3 is 10.1 Å². The van der Waals surface area contributed by atoms with Crippen LogP contribution in [0.2, 0.25) is 0 Å². The summed E-state index contributed by atoms with van der Waals surface area (Å²) in [6.45, 7) is 3.07. The Morgan fingerprint density at radius 1 is 1.07 bits per heavy atom. The van der Waals surface area contributed by atoms with Gasteiger partial charge >= 0.3 is 0 Å². The lowest BCUT2D eigenvalue weighted by atomic mass is 10.1. The summed E-state index contributed by atoms with van der Waals surface area (Å²) in [5, 5.41) is 8.44. The van der Waals surface area contributed by atoms with Gasteiger partial charge in [0.05, 0.1) is 12.5 Å². The van der Waals surface area contributed by atoms with Crippen LogP contribution in [0.15, 0.2) is 53.3 Å². The van der Waals surface area contributed by atoms with E-state index in [0.29, 0.717) is 30.3 Å². The number of para-hydroxylation sites is 1. The molecule has 0 fully saturated rings. The van der Waals surface area contributed by atoms with Crippen LogP contribution in [0.1, 0.15) is 42.2 Å². The van der Waals surface area contributed by atoms with Crippen molar-refractivity contribution in [1.29, 1.82) is 0 Å². The number of hydrogen-bond acceptors (Lipinski definition) is 4. The molecule has 0 saturated carbocycles. The van der Waals surface area contributed by atoms with Gasteiger partial charge in [0.15, 0.2) is 5.69 Å². The van der Waals surface area contributed by atoms with Crippen LogP contribution in [0.3, 0.4) is 0 Å². The molecule has 6 nitrogen and oxygen atoms in total. The summed E-state index contributed by atoms with van der Waals surface area (Å²) in [4.78, 5) is 25.6. The minimum atomic E-state index is -0.277. The maximum absolute atomic E-state index is 12.9. The molecule has 0 aliphatic heterocycles. The van der Waals surface area contributed by atoms with E-state index in [9.17, 15) is 9.59 Å². The molecule has 152 valence electrons. The van der Waals surface area contributed by atoms with Gasteiger partial charge in [-0.1, -0.05) is 56.2 Å². The molecule has 1 amide bonds. The lowest BCUT2D eigenvalue weighted by Gasteiger charge is -2.12. The second-order valence-corrected chi connectivity index (χ2v) is 6.95. The zero-order valence-electron chi connectivity index (χ0n) is 17.0. The molecule has 0 saturated heterocycles. The molecule has 0 aliphatic rings. The van der Waals surface area contributed by atoms with Gasteiger partial charge in [-0.2, -0.15) is 5.10 Å². The molecule has 6 heteroatoms. The lowest BCUT2D eigenvalue weighted by molar-refractivity contribution is 0.0948. The Balaban J connectivity index is 1.81. The molecule has 0 unspecified atom stereocenters. The third kappa shape index (κ3) is 4.83. The first-order valence-electron chi connectivity index (χ1n) is 10.1. The molecular formula is C23H27N3O3. The minimum Gasteiger partial charge on any atom is -0.496 e. The molecule has 3 rings (SSSR count). The Hall–Kier alpha value is -3.15. The van der Waals surface area contributed by atoms with Crippen molar-refractivity contribution in [2.75, 3.05) is 13.7 Å². The highest BCUT2D eigenvalue weighted by atomic mass is 16.5. The van der Waals surface area contributed by atoms with Gasteiger partial charge in [-0.3, -0.25) is 9.59 Å². The number of aryl methyl sites for hydroxylation is 1. The van der Waals surface area contributed by atoms with E-state index in [4.69, 9.17) is 4.74 Å². The topological polar surface area (TPSA) is 73.2 Å². The van der Waals surface area contributed by atoms with Crippen LogP contribution >= 0.6 is 0 Å². The van der Waals surface area contributed by atoms with E-state index < -0.39 is 0 Å². The largest absolute Gasteiger partial charge is 0.496 e. The zero-order valence-corrected chi connectivity index (χ0v) is 17.0. The molecule has 0 aliphatic carbocycles. The van der Waals surface area contributed by atoms with Crippen molar-refractivity contribution >= 4 is 16.7 Å². The summed E-state index contributed by atoms with van der Waals surface area (Å²) in [6, 6.07) is 14.9. The fourth-order valence-electron chi connectivity index (χ4n) is 3.37. The van der Waals surface area contributed by atoms with Crippen molar-refractivity contribution < 1.29 is 9.53 Å². The van der Waals surface area contributed by atoms with Gasteiger partial charge in [0, 0.05) is 18.5 Å². The Morgan fingerprint density at radius 3 is 2.55 bits per heavy atom. The lowest BCUT2D eigenvalue weighted by Crippen LogP contribution is -2.31. The predicted molar refractivity (Wildman–Crippen MR) is 115 cm³/mol. The van der Waals surface area contributed by atoms with Crippen LogP contribution in [-0.2, 0) is 13.0 Å². The van der Waals surface area contributed by atoms with Crippen molar-refractivity contribution in [1.82, 2.24) is 15.1 Å². The number of rotatable bonds is 9. The van der Waals surface area contributed by atoms with Gasteiger partial charge in [-0.25, -0.2) is 4.68 Å². The number of carbonyl (C=O) groups excluding carboxylic acids is 1. The van der Waals surface area contributed by atoms with Crippen LogP contribution in [0.5, 0.6) is 5.75 Å². The number of benzene rings is 2. The Kier molecular flexibility index (Phi) is 7.00. The van der Waals surface area contributed by atoms with Crippen LogP contribution in [-0.4, -0.2) is 29.3 Å². The van der Waals surface area contributed by atoms with Crippen molar-refractivity contribution in [3.8, 4) is 5.75 Å². The van der Waals surface area contributed by atoms with Crippen molar-refractivity contribution in [2.24, 2.45) is 0 Å². The van der Waals surface area contributed by atoms with E-state index in [-0.39, 0.29) is 17.2 Å². The van der Waals surface area contributed by atoms with Gasteiger partial charge in [-0.15, -0.1) is 0 Å². The summed E-state index contributed by atoms with van der Waals surface area (Å²) in [7, 11) is 1.63. The number of aromatic nitrogens is 2. The second kappa shape index (κ2) is 9.87. The van der Waals surface area contributed by atoms with Gasteiger partial charge in [-0.05, 0) is 30.5 Å². The number of nitrogens with zero attached hydrogens (tertiary/aromatic N) is 2. The van der Waals surface area contributed by atoms with Crippen LogP contribution in [0, 0.1) is 0 Å². The minimum absolute atomic E-state index is 0.151. The summed E-state index contributed by atoms with van der Waals surface area (Å²) in [6.07, 6.45) is 3.57. The Labute approximate surface area is 170 Å². The normalized spacial score (nSPS) is 10.8. The standard InChI is InChI=1S/C23H27N3O3/c1-3-4-9-16-26-23(28)19-12-7-6-11-18(19)21(25-26)22(27)24-15-14-17-10-5-8-13-20(17)29-2/h5-8,10-13H,3-4,9,14-16H2,1-2H3,(H,24,27). The van der Waals surface area contributed by atoms with Gasteiger partial charge in [0.25, 0.3) is 11.5 Å². The molecule has 0 bridgehead atoms. The van der Waals surface area contributed by atoms with Crippen LogP contribution in [0.25, 0.3) is 10.8 Å².